The molecule has 0 aliphatic carbocycles. The van der Waals surface area contributed by atoms with E-state index in [4.69, 9.17) is 4.74 Å². The lowest BCUT2D eigenvalue weighted by Gasteiger charge is -2.25. The van der Waals surface area contributed by atoms with Crippen LogP contribution in [0.1, 0.15) is 24.7 Å². The molecule has 2 aromatic rings. The molecule has 1 aliphatic rings. The highest BCUT2D eigenvalue weighted by Crippen LogP contribution is 2.39. The van der Waals surface area contributed by atoms with Crippen LogP contribution >= 0.6 is 23.1 Å². The number of carbonyl (C=O) groups excluding carboxylic acids is 1. The van der Waals surface area contributed by atoms with Gasteiger partial charge in [0.1, 0.15) is 5.25 Å². The highest BCUT2D eigenvalue weighted by Gasteiger charge is 2.27. The van der Waals surface area contributed by atoms with Crippen molar-refractivity contribution >= 4 is 34.1 Å². The maximum Gasteiger partial charge on any atom is 0.240 e. The van der Waals surface area contributed by atoms with Gasteiger partial charge in [-0.15, -0.1) is 10.2 Å². The zero-order valence-electron chi connectivity index (χ0n) is 15.1. The van der Waals surface area contributed by atoms with Gasteiger partial charge in [-0.25, -0.2) is 0 Å². The molecule has 1 atom stereocenters. The minimum Gasteiger partial charge on any atom is -0.378 e. The zero-order chi connectivity index (χ0) is 18.4. The SMILES string of the molecule is CCN(CC)C(=O)C(Sc1nnc(N2CCOCC2)s1)c1ccccc1. The van der Waals surface area contributed by atoms with Crippen molar-refractivity contribution in [3.63, 3.8) is 0 Å². The van der Waals surface area contributed by atoms with Crippen LogP contribution in [0.4, 0.5) is 5.13 Å². The molecule has 3 rings (SSSR count). The van der Waals surface area contributed by atoms with Gasteiger partial charge in [0.15, 0.2) is 4.34 Å². The van der Waals surface area contributed by atoms with E-state index in [-0.39, 0.29) is 11.2 Å². The van der Waals surface area contributed by atoms with E-state index in [0.717, 1.165) is 41.3 Å². The Labute approximate surface area is 162 Å². The Morgan fingerprint density at radius 1 is 1.23 bits per heavy atom. The summed E-state index contributed by atoms with van der Waals surface area (Å²) < 4.78 is 6.21. The molecule has 6 nitrogen and oxygen atoms in total. The topological polar surface area (TPSA) is 58.6 Å². The summed E-state index contributed by atoms with van der Waals surface area (Å²) in [5, 5.41) is 9.25. The molecule has 1 unspecified atom stereocenters. The second-order valence-corrected chi connectivity index (χ2v) is 8.18. The van der Waals surface area contributed by atoms with Gasteiger partial charge in [-0.3, -0.25) is 4.79 Å². The number of likely N-dealkylation sites (N-methyl/N-ethyl adjacent to an activating group) is 1. The summed E-state index contributed by atoms with van der Waals surface area (Å²) in [4.78, 5) is 17.1. The van der Waals surface area contributed by atoms with E-state index in [0.29, 0.717) is 13.1 Å². The molecule has 1 aliphatic heterocycles. The predicted molar refractivity (Wildman–Crippen MR) is 106 cm³/mol. The first kappa shape index (κ1) is 19.1. The smallest absolute Gasteiger partial charge is 0.240 e. The summed E-state index contributed by atoms with van der Waals surface area (Å²) in [7, 11) is 0. The van der Waals surface area contributed by atoms with Crippen molar-refractivity contribution in [2.75, 3.05) is 44.3 Å². The predicted octanol–water partition coefficient (Wildman–Crippen LogP) is 3.08. The average molecular weight is 393 g/mol. The molecule has 0 spiro atoms. The fraction of sp³-hybridized carbons (Fsp3) is 0.500. The Bertz CT molecular complexity index is 700. The first-order valence-corrected chi connectivity index (χ1v) is 10.6. The molecule has 1 aromatic heterocycles. The van der Waals surface area contributed by atoms with Crippen molar-refractivity contribution in [2.24, 2.45) is 0 Å². The molecule has 0 radical (unpaired) electrons. The molecular weight excluding hydrogens is 368 g/mol. The standard InChI is InChI=1S/C18H24N4O2S2/c1-3-21(4-2)16(23)15(14-8-6-5-7-9-14)25-18-20-19-17(26-18)22-10-12-24-13-11-22/h5-9,15H,3-4,10-13H2,1-2H3. The zero-order valence-corrected chi connectivity index (χ0v) is 16.8. The van der Waals surface area contributed by atoms with Crippen LogP contribution in [0.15, 0.2) is 34.7 Å². The van der Waals surface area contributed by atoms with Gasteiger partial charge in [0, 0.05) is 26.2 Å². The molecule has 26 heavy (non-hydrogen) atoms. The number of thioether (sulfide) groups is 1. The lowest BCUT2D eigenvalue weighted by Crippen LogP contribution is -2.36. The number of benzene rings is 1. The number of aromatic nitrogens is 2. The quantitative estimate of drug-likeness (QED) is 0.675. The number of nitrogens with zero attached hydrogens (tertiary/aromatic N) is 4. The third kappa shape index (κ3) is 4.55. The lowest BCUT2D eigenvalue weighted by atomic mass is 10.1. The summed E-state index contributed by atoms with van der Waals surface area (Å²) >= 11 is 3.04. The van der Waals surface area contributed by atoms with Gasteiger partial charge in [0.2, 0.25) is 11.0 Å². The summed E-state index contributed by atoms with van der Waals surface area (Å²) in [5.74, 6) is 0.120. The first-order chi connectivity index (χ1) is 12.7. The summed E-state index contributed by atoms with van der Waals surface area (Å²) in [6.07, 6.45) is 0. The molecule has 1 amide bonds. The summed E-state index contributed by atoms with van der Waals surface area (Å²) in [5.41, 5.74) is 0.998. The average Bonchev–Trinajstić information content (AvgIpc) is 3.17. The van der Waals surface area contributed by atoms with Crippen LogP contribution in [0.5, 0.6) is 0 Å². The van der Waals surface area contributed by atoms with E-state index in [1.54, 1.807) is 11.3 Å². The van der Waals surface area contributed by atoms with Crippen LogP contribution in [0.3, 0.4) is 0 Å². The maximum atomic E-state index is 13.1. The monoisotopic (exact) mass is 392 g/mol. The number of ether oxygens (including phenoxy) is 1. The van der Waals surface area contributed by atoms with Crippen molar-refractivity contribution in [3.8, 4) is 0 Å². The molecule has 140 valence electrons. The summed E-state index contributed by atoms with van der Waals surface area (Å²) in [6, 6.07) is 9.91. The van der Waals surface area contributed by atoms with E-state index in [9.17, 15) is 4.79 Å². The Morgan fingerprint density at radius 2 is 1.92 bits per heavy atom. The number of amides is 1. The van der Waals surface area contributed by atoms with Gasteiger partial charge in [0.05, 0.1) is 13.2 Å². The lowest BCUT2D eigenvalue weighted by molar-refractivity contribution is -0.130. The molecule has 8 heteroatoms. The van der Waals surface area contributed by atoms with Crippen molar-refractivity contribution in [3.05, 3.63) is 35.9 Å². The molecule has 1 aromatic carbocycles. The van der Waals surface area contributed by atoms with E-state index in [1.165, 1.54) is 11.8 Å². The van der Waals surface area contributed by atoms with Crippen molar-refractivity contribution in [1.82, 2.24) is 15.1 Å². The first-order valence-electron chi connectivity index (χ1n) is 8.89. The largest absolute Gasteiger partial charge is 0.378 e. The Hall–Kier alpha value is -1.64. The van der Waals surface area contributed by atoms with Crippen LogP contribution in [0.2, 0.25) is 0 Å². The molecule has 0 saturated carbocycles. The van der Waals surface area contributed by atoms with Crippen LogP contribution in [-0.2, 0) is 9.53 Å². The van der Waals surface area contributed by atoms with Crippen molar-refractivity contribution in [1.29, 1.82) is 0 Å². The fourth-order valence-electron chi connectivity index (χ4n) is 2.82. The molecular formula is C18H24N4O2S2. The van der Waals surface area contributed by atoms with Gasteiger partial charge < -0.3 is 14.5 Å². The van der Waals surface area contributed by atoms with E-state index in [1.807, 2.05) is 49.1 Å². The second kappa shape index (κ2) is 9.34. The molecule has 0 bridgehead atoms. The molecule has 1 fully saturated rings. The van der Waals surface area contributed by atoms with Crippen molar-refractivity contribution < 1.29 is 9.53 Å². The third-order valence-corrected chi connectivity index (χ3v) is 6.61. The van der Waals surface area contributed by atoms with Gasteiger partial charge in [-0.05, 0) is 19.4 Å². The molecule has 2 heterocycles. The Kier molecular flexibility index (Phi) is 6.87. The highest BCUT2D eigenvalue weighted by molar-refractivity contribution is 8.01. The number of anilines is 1. The maximum absolute atomic E-state index is 13.1. The van der Waals surface area contributed by atoms with Crippen LogP contribution in [0, 0.1) is 0 Å². The Morgan fingerprint density at radius 3 is 2.58 bits per heavy atom. The third-order valence-electron chi connectivity index (χ3n) is 4.30. The Balaban J connectivity index is 1.79. The number of rotatable bonds is 7. The minimum atomic E-state index is -0.304. The molecule has 1 saturated heterocycles. The highest BCUT2D eigenvalue weighted by atomic mass is 32.2. The minimum absolute atomic E-state index is 0.120. The van der Waals surface area contributed by atoms with Gasteiger partial charge in [0.25, 0.3) is 0 Å². The number of morpholine rings is 1. The van der Waals surface area contributed by atoms with Crippen molar-refractivity contribution in [2.45, 2.75) is 23.4 Å². The number of hydrogen-bond acceptors (Lipinski definition) is 7. The molecule has 0 N–H and O–H groups in total. The number of carbonyl (C=O) groups is 1. The second-order valence-electron chi connectivity index (χ2n) is 5.87. The summed E-state index contributed by atoms with van der Waals surface area (Å²) in [6.45, 7) is 8.53. The fourth-order valence-corrected chi connectivity index (χ4v) is 4.99. The van der Waals surface area contributed by atoms with Gasteiger partial charge in [-0.2, -0.15) is 0 Å². The van der Waals surface area contributed by atoms with Gasteiger partial charge >= 0.3 is 0 Å². The van der Waals surface area contributed by atoms with E-state index >= 15 is 0 Å². The van der Waals surface area contributed by atoms with E-state index < -0.39 is 0 Å². The van der Waals surface area contributed by atoms with E-state index in [2.05, 4.69) is 15.1 Å². The van der Waals surface area contributed by atoms with Gasteiger partial charge in [-0.1, -0.05) is 53.4 Å². The van der Waals surface area contributed by atoms with Crippen LogP contribution < -0.4 is 4.90 Å². The number of hydrogen-bond donors (Lipinski definition) is 0. The van der Waals surface area contributed by atoms with Crippen LogP contribution in [-0.4, -0.2) is 60.4 Å². The van der Waals surface area contributed by atoms with Crippen LogP contribution in [0.25, 0.3) is 0 Å². The normalized spacial score (nSPS) is 15.7.